The number of rotatable bonds is 2. The van der Waals surface area contributed by atoms with E-state index in [0.29, 0.717) is 40.5 Å². The molecule has 0 aromatic heterocycles. The summed E-state index contributed by atoms with van der Waals surface area (Å²) in [6.45, 7) is 4.90. The molecule has 0 unspecified atom stereocenters. The average molecular weight is 401 g/mol. The van der Waals surface area contributed by atoms with Crippen molar-refractivity contribution >= 4 is 46.6 Å². The Hall–Kier alpha value is -2.57. The number of amides is 1. The lowest BCUT2D eigenvalue weighted by atomic mass is 10.1. The van der Waals surface area contributed by atoms with E-state index in [1.165, 1.54) is 4.90 Å². The molecule has 4 rings (SSSR count). The topological polar surface area (TPSA) is 50.8 Å². The molecule has 1 saturated heterocycles. The molecule has 7 heteroatoms. The average Bonchev–Trinajstić information content (AvgIpc) is 2.87. The highest BCUT2D eigenvalue weighted by Gasteiger charge is 2.32. The number of carbonyl (C=O) groups is 1. The lowest BCUT2D eigenvalue weighted by Gasteiger charge is -2.19. The zero-order chi connectivity index (χ0) is 19.1. The molecule has 2 aliphatic heterocycles. The smallest absolute Gasteiger partial charge is 0.281 e. The summed E-state index contributed by atoms with van der Waals surface area (Å²) in [7, 11) is 0. The summed E-state index contributed by atoms with van der Waals surface area (Å²) in [5.74, 6) is 0.888. The molecular weight excluding hydrogens is 384 g/mol. The Morgan fingerprint density at radius 2 is 1.81 bits per heavy atom. The molecule has 0 bridgehead atoms. The Kier molecular flexibility index (Phi) is 4.53. The number of thiocarbonyl (C=S) groups is 1. The Morgan fingerprint density at radius 3 is 2.56 bits per heavy atom. The van der Waals surface area contributed by atoms with Crippen molar-refractivity contribution in [1.82, 2.24) is 5.32 Å². The fraction of sp³-hybridized carbons (Fsp3) is 0.200. The molecule has 0 atom stereocenters. The van der Waals surface area contributed by atoms with E-state index in [9.17, 15) is 4.79 Å². The van der Waals surface area contributed by atoms with Crippen molar-refractivity contribution in [1.29, 1.82) is 0 Å². The van der Waals surface area contributed by atoms with Crippen LogP contribution in [0.3, 0.4) is 0 Å². The van der Waals surface area contributed by atoms with Gasteiger partial charge in [-0.3, -0.25) is 9.69 Å². The van der Waals surface area contributed by atoms with Gasteiger partial charge in [-0.1, -0.05) is 17.7 Å². The molecule has 138 valence electrons. The van der Waals surface area contributed by atoms with Gasteiger partial charge in [0.15, 0.2) is 16.6 Å². The molecule has 27 heavy (non-hydrogen) atoms. The Bertz CT molecular complexity index is 983. The van der Waals surface area contributed by atoms with Crippen LogP contribution in [0.4, 0.5) is 5.69 Å². The largest absolute Gasteiger partial charge is 0.486 e. The van der Waals surface area contributed by atoms with Crippen molar-refractivity contribution in [2.45, 2.75) is 13.8 Å². The van der Waals surface area contributed by atoms with Crippen LogP contribution in [0.5, 0.6) is 11.5 Å². The first-order valence-corrected chi connectivity index (χ1v) is 9.25. The van der Waals surface area contributed by atoms with Gasteiger partial charge in [0.25, 0.3) is 5.91 Å². The lowest BCUT2D eigenvalue weighted by molar-refractivity contribution is -0.113. The van der Waals surface area contributed by atoms with Crippen molar-refractivity contribution < 1.29 is 14.3 Å². The van der Waals surface area contributed by atoms with Crippen LogP contribution < -0.4 is 19.7 Å². The number of halogens is 1. The summed E-state index contributed by atoms with van der Waals surface area (Å²) >= 11 is 11.7. The number of aryl methyl sites for hydroxylation is 2. The van der Waals surface area contributed by atoms with Crippen molar-refractivity contribution in [3.63, 3.8) is 0 Å². The maximum atomic E-state index is 12.9. The quantitative estimate of drug-likeness (QED) is 0.610. The minimum Gasteiger partial charge on any atom is -0.486 e. The van der Waals surface area contributed by atoms with Gasteiger partial charge in [-0.05, 0) is 73.1 Å². The number of benzene rings is 2. The van der Waals surface area contributed by atoms with E-state index in [1.54, 1.807) is 18.2 Å². The van der Waals surface area contributed by atoms with Crippen molar-refractivity contribution in [3.8, 4) is 11.5 Å². The monoisotopic (exact) mass is 400 g/mol. The Morgan fingerprint density at radius 1 is 1.11 bits per heavy atom. The van der Waals surface area contributed by atoms with Crippen LogP contribution in [0.25, 0.3) is 6.08 Å². The number of nitrogens with one attached hydrogen (secondary N) is 1. The third-order valence-corrected chi connectivity index (χ3v) is 4.84. The molecular formula is C20H17ClN2O3S. The molecule has 1 fully saturated rings. The van der Waals surface area contributed by atoms with E-state index in [1.807, 2.05) is 26.0 Å². The molecule has 2 heterocycles. The summed E-state index contributed by atoms with van der Waals surface area (Å²) in [6, 6.07) is 9.45. The van der Waals surface area contributed by atoms with E-state index in [0.717, 1.165) is 22.4 Å². The minimum absolute atomic E-state index is 0.212. The zero-order valence-electron chi connectivity index (χ0n) is 14.8. The van der Waals surface area contributed by atoms with E-state index < -0.39 is 0 Å². The summed E-state index contributed by atoms with van der Waals surface area (Å²) in [5.41, 5.74) is 3.99. The Labute approximate surface area is 167 Å². The first kappa shape index (κ1) is 17.8. The third-order valence-electron chi connectivity index (χ3n) is 4.27. The van der Waals surface area contributed by atoms with E-state index in [-0.39, 0.29) is 5.91 Å². The molecule has 0 spiro atoms. The molecule has 5 nitrogen and oxygen atoms in total. The van der Waals surface area contributed by atoms with E-state index in [4.69, 9.17) is 33.3 Å². The molecule has 0 saturated carbocycles. The van der Waals surface area contributed by atoms with Gasteiger partial charge in [0, 0.05) is 0 Å². The van der Waals surface area contributed by atoms with Crippen LogP contribution in [0.15, 0.2) is 36.0 Å². The number of hydrogen-bond donors (Lipinski definition) is 1. The van der Waals surface area contributed by atoms with E-state index in [2.05, 4.69) is 11.4 Å². The summed E-state index contributed by atoms with van der Waals surface area (Å²) in [6.07, 6.45) is 1.71. The van der Waals surface area contributed by atoms with E-state index >= 15 is 0 Å². The Balaban J connectivity index is 1.68. The maximum absolute atomic E-state index is 12.9. The first-order valence-electron chi connectivity index (χ1n) is 8.47. The van der Waals surface area contributed by atoms with Crippen LogP contribution in [0, 0.1) is 13.8 Å². The summed E-state index contributed by atoms with van der Waals surface area (Å²) in [5, 5.41) is 3.78. The number of carbonyl (C=O) groups excluding carboxylic acids is 1. The second kappa shape index (κ2) is 6.87. The highest BCUT2D eigenvalue weighted by Crippen LogP contribution is 2.39. The summed E-state index contributed by atoms with van der Waals surface area (Å²) < 4.78 is 11.1. The standard InChI is InChI=1S/C20H17ClN2O3S/c1-11-5-12(2)7-14(6-11)23-19(24)16(22-20(23)27)9-13-8-15(21)18-17(10-13)25-3-4-26-18/h5-10H,3-4H2,1-2H3,(H,22,27)/b16-9+. The van der Waals surface area contributed by atoms with Crippen LogP contribution in [-0.2, 0) is 4.79 Å². The van der Waals surface area contributed by atoms with Gasteiger partial charge in [0.1, 0.15) is 18.9 Å². The van der Waals surface area contributed by atoms with Gasteiger partial charge in [-0.25, -0.2) is 0 Å². The fourth-order valence-corrected chi connectivity index (χ4v) is 3.80. The van der Waals surface area contributed by atoms with Gasteiger partial charge < -0.3 is 14.8 Å². The lowest BCUT2D eigenvalue weighted by Crippen LogP contribution is -2.30. The zero-order valence-corrected chi connectivity index (χ0v) is 16.4. The number of hydrogen-bond acceptors (Lipinski definition) is 4. The SMILES string of the molecule is Cc1cc(C)cc(N2C(=O)/C(=C\c3cc(Cl)c4c(c3)OCCO4)NC2=S)c1. The molecule has 2 aliphatic rings. The normalized spacial score (nSPS) is 17.4. The van der Waals surface area contributed by atoms with Crippen molar-refractivity contribution in [2.75, 3.05) is 18.1 Å². The molecule has 2 aromatic carbocycles. The van der Waals surface area contributed by atoms with Crippen LogP contribution >= 0.6 is 23.8 Å². The number of nitrogens with zero attached hydrogens (tertiary/aromatic N) is 1. The second-order valence-electron chi connectivity index (χ2n) is 6.50. The van der Waals surface area contributed by atoms with Gasteiger partial charge in [-0.15, -0.1) is 0 Å². The highest BCUT2D eigenvalue weighted by atomic mass is 35.5. The van der Waals surface area contributed by atoms with Gasteiger partial charge >= 0.3 is 0 Å². The molecule has 1 N–H and O–H groups in total. The predicted octanol–water partition coefficient (Wildman–Crippen LogP) is 3.99. The van der Waals surface area contributed by atoms with Gasteiger partial charge in [0.05, 0.1) is 10.7 Å². The molecule has 0 radical (unpaired) electrons. The van der Waals surface area contributed by atoms with Crippen molar-refractivity contribution in [2.24, 2.45) is 0 Å². The van der Waals surface area contributed by atoms with Crippen molar-refractivity contribution in [3.05, 3.63) is 57.7 Å². The number of ether oxygens (including phenoxy) is 2. The summed E-state index contributed by atoms with van der Waals surface area (Å²) in [4.78, 5) is 14.4. The number of fused-ring (bicyclic) bond motifs is 1. The second-order valence-corrected chi connectivity index (χ2v) is 7.30. The van der Waals surface area contributed by atoms with Gasteiger partial charge in [-0.2, -0.15) is 0 Å². The third kappa shape index (κ3) is 3.38. The fourth-order valence-electron chi connectivity index (χ4n) is 3.23. The van der Waals surface area contributed by atoms with Crippen LogP contribution in [0.1, 0.15) is 16.7 Å². The molecule has 0 aliphatic carbocycles. The molecule has 1 amide bonds. The van der Waals surface area contributed by atoms with Gasteiger partial charge in [0.2, 0.25) is 0 Å². The predicted molar refractivity (Wildman–Crippen MR) is 110 cm³/mol. The maximum Gasteiger partial charge on any atom is 0.281 e. The first-order chi connectivity index (χ1) is 12.9. The van der Waals surface area contributed by atoms with Crippen LogP contribution in [0.2, 0.25) is 5.02 Å². The minimum atomic E-state index is -0.212. The highest BCUT2D eigenvalue weighted by molar-refractivity contribution is 7.80. The number of anilines is 1. The molecule has 2 aromatic rings. The van der Waals surface area contributed by atoms with Crippen LogP contribution in [-0.4, -0.2) is 24.2 Å².